The number of carbonyl (C=O) groups excluding carboxylic acids is 1. The van der Waals surface area contributed by atoms with E-state index in [4.69, 9.17) is 16.3 Å². The third-order valence-corrected chi connectivity index (χ3v) is 7.43. The summed E-state index contributed by atoms with van der Waals surface area (Å²) in [4.78, 5) is 14.8. The normalized spacial score (nSPS) is 16.6. The molecular formula is C32H39ClN6O2. The molecule has 1 aliphatic rings. The highest BCUT2D eigenvalue weighted by atomic mass is 35.5. The van der Waals surface area contributed by atoms with Gasteiger partial charge in [-0.15, -0.1) is 0 Å². The van der Waals surface area contributed by atoms with E-state index in [-0.39, 0.29) is 23.9 Å². The highest BCUT2D eigenvalue weighted by Crippen LogP contribution is 2.42. The van der Waals surface area contributed by atoms with Gasteiger partial charge in [-0.1, -0.05) is 41.9 Å². The van der Waals surface area contributed by atoms with E-state index < -0.39 is 0 Å². The first-order chi connectivity index (χ1) is 19.8. The van der Waals surface area contributed by atoms with Crippen LogP contribution in [0.1, 0.15) is 49.9 Å². The molecule has 216 valence electrons. The standard InChI is InChI=1S/C32H39ClN6O2/c1-5-41-30-18-28-25(17-29(30)38-31(40)12-9-15-39(3)4)32(23(19-34)20-35-28)37-24-13-14-27(26(33)16-24)36-21(2)22-10-7-6-8-11-22/h6-8,10-11,13-14,16-18,21,23,32,35-37H,5,9,12,15,20H2,1-4H3,(H,38,40). The number of nitriles is 1. The van der Waals surface area contributed by atoms with Gasteiger partial charge in [-0.3, -0.25) is 4.79 Å². The molecule has 4 rings (SSSR count). The van der Waals surface area contributed by atoms with Gasteiger partial charge in [0.05, 0.1) is 41.0 Å². The molecule has 1 heterocycles. The summed E-state index contributed by atoms with van der Waals surface area (Å²) in [7, 11) is 3.98. The molecule has 3 aromatic carbocycles. The van der Waals surface area contributed by atoms with Gasteiger partial charge in [0.2, 0.25) is 5.91 Å². The fourth-order valence-electron chi connectivity index (χ4n) is 4.96. The van der Waals surface area contributed by atoms with Crippen LogP contribution in [-0.4, -0.2) is 44.6 Å². The van der Waals surface area contributed by atoms with E-state index in [0.29, 0.717) is 36.0 Å². The number of anilines is 4. The van der Waals surface area contributed by atoms with Crippen molar-refractivity contribution < 1.29 is 9.53 Å². The number of benzene rings is 3. The van der Waals surface area contributed by atoms with E-state index in [0.717, 1.165) is 35.6 Å². The van der Waals surface area contributed by atoms with E-state index >= 15 is 0 Å². The van der Waals surface area contributed by atoms with Crippen molar-refractivity contribution in [3.05, 3.63) is 76.8 Å². The maximum atomic E-state index is 12.8. The summed E-state index contributed by atoms with van der Waals surface area (Å²) in [5.74, 6) is 0.177. The van der Waals surface area contributed by atoms with Crippen molar-refractivity contribution in [3.8, 4) is 11.8 Å². The lowest BCUT2D eigenvalue weighted by molar-refractivity contribution is -0.116. The van der Waals surface area contributed by atoms with Gasteiger partial charge in [0.1, 0.15) is 5.75 Å². The van der Waals surface area contributed by atoms with Crippen molar-refractivity contribution in [2.45, 2.75) is 38.8 Å². The summed E-state index contributed by atoms with van der Waals surface area (Å²) in [5.41, 5.74) is 5.14. The van der Waals surface area contributed by atoms with Gasteiger partial charge in [-0.2, -0.15) is 5.26 Å². The molecule has 0 saturated heterocycles. The Bertz CT molecular complexity index is 1370. The minimum Gasteiger partial charge on any atom is -0.492 e. The third-order valence-electron chi connectivity index (χ3n) is 7.11. The molecule has 0 saturated carbocycles. The Balaban J connectivity index is 1.56. The second-order valence-corrected chi connectivity index (χ2v) is 10.9. The van der Waals surface area contributed by atoms with Gasteiger partial charge >= 0.3 is 0 Å². The van der Waals surface area contributed by atoms with Crippen LogP contribution < -0.4 is 26.0 Å². The molecule has 0 radical (unpaired) electrons. The first-order valence-electron chi connectivity index (χ1n) is 14.1. The molecule has 3 unspecified atom stereocenters. The van der Waals surface area contributed by atoms with Gasteiger partial charge in [0.25, 0.3) is 0 Å². The van der Waals surface area contributed by atoms with Gasteiger partial charge in [0.15, 0.2) is 0 Å². The van der Waals surface area contributed by atoms with Gasteiger partial charge in [-0.05, 0) is 70.7 Å². The number of nitrogens with zero attached hydrogens (tertiary/aromatic N) is 2. The van der Waals surface area contributed by atoms with Crippen molar-refractivity contribution in [2.24, 2.45) is 5.92 Å². The van der Waals surface area contributed by atoms with E-state index in [9.17, 15) is 10.1 Å². The minimum absolute atomic E-state index is 0.0718. The van der Waals surface area contributed by atoms with Crippen molar-refractivity contribution in [1.82, 2.24) is 4.90 Å². The van der Waals surface area contributed by atoms with Crippen molar-refractivity contribution in [1.29, 1.82) is 5.26 Å². The number of halogens is 1. The lowest BCUT2D eigenvalue weighted by Gasteiger charge is -2.33. The minimum atomic E-state index is -0.348. The maximum Gasteiger partial charge on any atom is 0.224 e. The lowest BCUT2D eigenvalue weighted by Crippen LogP contribution is -2.31. The second kappa shape index (κ2) is 14.1. The van der Waals surface area contributed by atoms with Crippen LogP contribution in [-0.2, 0) is 4.79 Å². The van der Waals surface area contributed by atoms with Gasteiger partial charge in [-0.25, -0.2) is 0 Å². The molecule has 0 bridgehead atoms. The Morgan fingerprint density at radius 1 is 1.17 bits per heavy atom. The van der Waals surface area contributed by atoms with Crippen LogP contribution in [0.25, 0.3) is 0 Å². The Hall–Kier alpha value is -3.93. The van der Waals surface area contributed by atoms with Crippen LogP contribution in [0.3, 0.4) is 0 Å². The largest absolute Gasteiger partial charge is 0.492 e. The number of carbonyl (C=O) groups is 1. The number of amides is 1. The Morgan fingerprint density at radius 3 is 2.63 bits per heavy atom. The number of ether oxygens (including phenoxy) is 1. The maximum absolute atomic E-state index is 12.8. The molecule has 0 aromatic heterocycles. The molecular weight excluding hydrogens is 536 g/mol. The zero-order valence-corrected chi connectivity index (χ0v) is 24.9. The zero-order chi connectivity index (χ0) is 29.4. The summed E-state index contributed by atoms with van der Waals surface area (Å²) in [6.07, 6.45) is 1.16. The molecule has 3 atom stereocenters. The van der Waals surface area contributed by atoms with Crippen molar-refractivity contribution in [2.75, 3.05) is 55.1 Å². The van der Waals surface area contributed by atoms with E-state index in [1.807, 2.05) is 69.6 Å². The lowest BCUT2D eigenvalue weighted by atomic mass is 9.88. The summed E-state index contributed by atoms with van der Waals surface area (Å²) in [6.45, 7) is 5.78. The molecule has 0 fully saturated rings. The molecule has 9 heteroatoms. The summed E-state index contributed by atoms with van der Waals surface area (Å²) in [5, 5.41) is 24.0. The van der Waals surface area contributed by atoms with Gasteiger partial charge < -0.3 is 30.9 Å². The highest BCUT2D eigenvalue weighted by Gasteiger charge is 2.31. The molecule has 8 nitrogen and oxygen atoms in total. The zero-order valence-electron chi connectivity index (χ0n) is 24.1. The van der Waals surface area contributed by atoms with Gasteiger partial charge in [0, 0.05) is 42.0 Å². The SMILES string of the molecule is CCOc1cc2c(cc1NC(=O)CCCN(C)C)C(Nc1ccc(NC(C)c3ccccc3)c(Cl)c1)C(C#N)CN2. The molecule has 0 spiro atoms. The monoisotopic (exact) mass is 574 g/mol. The van der Waals surface area contributed by atoms with Crippen LogP contribution in [0.4, 0.5) is 22.7 Å². The van der Waals surface area contributed by atoms with Crippen LogP contribution in [0, 0.1) is 17.2 Å². The summed E-state index contributed by atoms with van der Waals surface area (Å²) < 4.78 is 5.87. The van der Waals surface area contributed by atoms with Crippen LogP contribution in [0.15, 0.2) is 60.7 Å². The average Bonchev–Trinajstić information content (AvgIpc) is 2.95. The second-order valence-electron chi connectivity index (χ2n) is 10.5. The summed E-state index contributed by atoms with van der Waals surface area (Å²) >= 11 is 6.70. The van der Waals surface area contributed by atoms with E-state index in [1.165, 1.54) is 5.56 Å². The Labute approximate surface area is 248 Å². The van der Waals surface area contributed by atoms with Crippen molar-refractivity contribution in [3.63, 3.8) is 0 Å². The molecule has 1 aliphatic heterocycles. The molecule has 4 N–H and O–H groups in total. The smallest absolute Gasteiger partial charge is 0.224 e. The number of rotatable bonds is 12. The molecule has 1 amide bonds. The fourth-order valence-corrected chi connectivity index (χ4v) is 5.20. The Kier molecular flexibility index (Phi) is 10.3. The van der Waals surface area contributed by atoms with Crippen LogP contribution >= 0.6 is 11.6 Å². The van der Waals surface area contributed by atoms with Crippen LogP contribution in [0.5, 0.6) is 5.75 Å². The average molecular weight is 575 g/mol. The fraction of sp³-hybridized carbons (Fsp3) is 0.375. The third kappa shape index (κ3) is 7.84. The quantitative estimate of drug-likeness (QED) is 0.186. The molecule has 3 aromatic rings. The first-order valence-corrected chi connectivity index (χ1v) is 14.4. The number of nitrogens with one attached hydrogen (secondary N) is 4. The first kappa shape index (κ1) is 30.0. The number of fused-ring (bicyclic) bond motifs is 1. The highest BCUT2D eigenvalue weighted by molar-refractivity contribution is 6.33. The van der Waals surface area contributed by atoms with Crippen LogP contribution in [0.2, 0.25) is 5.02 Å². The van der Waals surface area contributed by atoms with Crippen molar-refractivity contribution >= 4 is 40.3 Å². The predicted molar refractivity (Wildman–Crippen MR) is 168 cm³/mol. The predicted octanol–water partition coefficient (Wildman–Crippen LogP) is 6.91. The number of hydrogen-bond donors (Lipinski definition) is 4. The molecule has 0 aliphatic carbocycles. The van der Waals surface area contributed by atoms with E-state index in [2.05, 4.69) is 51.3 Å². The molecule has 41 heavy (non-hydrogen) atoms. The number of hydrogen-bond acceptors (Lipinski definition) is 7. The van der Waals surface area contributed by atoms with E-state index in [1.54, 1.807) is 0 Å². The topological polar surface area (TPSA) is 101 Å². The summed E-state index contributed by atoms with van der Waals surface area (Å²) in [6, 6.07) is 22.0. The Morgan fingerprint density at radius 2 is 1.95 bits per heavy atom.